The van der Waals surface area contributed by atoms with Crippen molar-refractivity contribution in [2.24, 2.45) is 7.05 Å². The van der Waals surface area contributed by atoms with E-state index < -0.39 is 17.2 Å². The standard InChI is InChI=1S/C21H24N4O4/c1-5-29-18-14(3)10-23-19-17(18)20(27)25(21(28)24(19)4)12-16(26)22-11-15-8-6-13(2)7-9-15/h6-10H,5,11-12H2,1-4H3,(H,22,26). The lowest BCUT2D eigenvalue weighted by molar-refractivity contribution is -0.121. The molecule has 1 aromatic carbocycles. The molecule has 0 aliphatic heterocycles. The first kappa shape index (κ1) is 20.3. The summed E-state index contributed by atoms with van der Waals surface area (Å²) in [5, 5.41) is 2.94. The maximum Gasteiger partial charge on any atom is 0.332 e. The number of benzene rings is 1. The molecular weight excluding hydrogens is 372 g/mol. The van der Waals surface area contributed by atoms with Gasteiger partial charge in [-0.15, -0.1) is 0 Å². The van der Waals surface area contributed by atoms with E-state index in [0.717, 1.165) is 15.7 Å². The van der Waals surface area contributed by atoms with Crippen LogP contribution in [0.3, 0.4) is 0 Å². The van der Waals surface area contributed by atoms with E-state index in [4.69, 9.17) is 4.74 Å². The molecule has 0 saturated heterocycles. The number of fused-ring (bicyclic) bond motifs is 1. The third kappa shape index (κ3) is 4.06. The Morgan fingerprint density at radius 1 is 1.17 bits per heavy atom. The highest BCUT2D eigenvalue weighted by atomic mass is 16.5. The van der Waals surface area contributed by atoms with Gasteiger partial charge in [0.15, 0.2) is 5.65 Å². The normalized spacial score (nSPS) is 10.9. The minimum absolute atomic E-state index is 0.195. The Kier molecular flexibility index (Phi) is 5.81. The van der Waals surface area contributed by atoms with Gasteiger partial charge in [0.1, 0.15) is 17.7 Å². The molecule has 0 aliphatic carbocycles. The van der Waals surface area contributed by atoms with Crippen LogP contribution in [0.5, 0.6) is 5.75 Å². The Bertz CT molecular complexity index is 1180. The summed E-state index contributed by atoms with van der Waals surface area (Å²) in [5.41, 5.74) is 1.78. The number of nitrogens with one attached hydrogen (secondary N) is 1. The van der Waals surface area contributed by atoms with Gasteiger partial charge in [-0.05, 0) is 26.3 Å². The fourth-order valence-corrected chi connectivity index (χ4v) is 3.10. The zero-order chi connectivity index (χ0) is 21.1. The van der Waals surface area contributed by atoms with E-state index in [1.165, 1.54) is 11.6 Å². The van der Waals surface area contributed by atoms with Gasteiger partial charge in [-0.3, -0.25) is 14.2 Å². The first-order valence-corrected chi connectivity index (χ1v) is 9.37. The number of hydrogen-bond donors (Lipinski definition) is 1. The number of carbonyl (C=O) groups excluding carboxylic acids is 1. The Balaban J connectivity index is 1.95. The van der Waals surface area contributed by atoms with Gasteiger partial charge in [-0.1, -0.05) is 29.8 Å². The number of nitrogens with zero attached hydrogens (tertiary/aromatic N) is 3. The second kappa shape index (κ2) is 8.30. The van der Waals surface area contributed by atoms with Crippen molar-refractivity contribution in [2.45, 2.75) is 33.9 Å². The fourth-order valence-electron chi connectivity index (χ4n) is 3.10. The van der Waals surface area contributed by atoms with Gasteiger partial charge in [0.2, 0.25) is 5.91 Å². The molecule has 1 N–H and O–H groups in total. The number of aromatic nitrogens is 3. The zero-order valence-electron chi connectivity index (χ0n) is 17.0. The lowest BCUT2D eigenvalue weighted by Crippen LogP contribution is -2.43. The number of hydrogen-bond acceptors (Lipinski definition) is 5. The quantitative estimate of drug-likeness (QED) is 0.680. The van der Waals surface area contributed by atoms with E-state index in [1.807, 2.05) is 38.1 Å². The van der Waals surface area contributed by atoms with Crippen LogP contribution in [0.4, 0.5) is 0 Å². The van der Waals surface area contributed by atoms with Crippen molar-refractivity contribution >= 4 is 16.9 Å². The molecule has 3 aromatic rings. The van der Waals surface area contributed by atoms with Crippen LogP contribution in [-0.2, 0) is 24.9 Å². The first-order valence-electron chi connectivity index (χ1n) is 9.37. The monoisotopic (exact) mass is 396 g/mol. The Labute approximate surface area is 167 Å². The molecule has 0 aliphatic rings. The molecule has 0 radical (unpaired) electrons. The number of rotatable bonds is 6. The minimum Gasteiger partial charge on any atom is -0.493 e. The van der Waals surface area contributed by atoms with Crippen LogP contribution in [0.1, 0.15) is 23.6 Å². The molecule has 0 saturated carbocycles. The van der Waals surface area contributed by atoms with Crippen LogP contribution in [0, 0.1) is 13.8 Å². The molecule has 0 spiro atoms. The number of carbonyl (C=O) groups is 1. The summed E-state index contributed by atoms with van der Waals surface area (Å²) in [7, 11) is 1.52. The molecule has 29 heavy (non-hydrogen) atoms. The van der Waals surface area contributed by atoms with Gasteiger partial charge in [-0.2, -0.15) is 0 Å². The second-order valence-corrected chi connectivity index (χ2v) is 6.90. The van der Waals surface area contributed by atoms with E-state index in [2.05, 4.69) is 10.3 Å². The highest BCUT2D eigenvalue weighted by Gasteiger charge is 2.19. The predicted octanol–water partition coefficient (Wildman–Crippen LogP) is 1.43. The molecule has 3 rings (SSSR count). The zero-order valence-corrected chi connectivity index (χ0v) is 17.0. The third-order valence-corrected chi connectivity index (χ3v) is 4.68. The van der Waals surface area contributed by atoms with Crippen molar-refractivity contribution in [3.8, 4) is 5.75 Å². The summed E-state index contributed by atoms with van der Waals surface area (Å²) in [6.45, 7) is 5.86. The van der Waals surface area contributed by atoms with Crippen LogP contribution in [-0.4, -0.2) is 26.6 Å². The average Bonchev–Trinajstić information content (AvgIpc) is 2.70. The molecule has 152 valence electrons. The summed E-state index contributed by atoms with van der Waals surface area (Å²) < 4.78 is 7.80. The molecule has 2 aromatic heterocycles. The Morgan fingerprint density at radius 3 is 2.52 bits per heavy atom. The lowest BCUT2D eigenvalue weighted by atomic mass is 10.1. The van der Waals surface area contributed by atoms with E-state index >= 15 is 0 Å². The summed E-state index contributed by atoms with van der Waals surface area (Å²) in [6.07, 6.45) is 1.56. The maximum absolute atomic E-state index is 13.0. The van der Waals surface area contributed by atoms with Crippen LogP contribution in [0.15, 0.2) is 40.1 Å². The Morgan fingerprint density at radius 2 is 1.86 bits per heavy atom. The maximum atomic E-state index is 13.0. The smallest absolute Gasteiger partial charge is 0.332 e. The number of amides is 1. The fraction of sp³-hybridized carbons (Fsp3) is 0.333. The second-order valence-electron chi connectivity index (χ2n) is 6.90. The number of aryl methyl sites for hydroxylation is 3. The largest absolute Gasteiger partial charge is 0.493 e. The van der Waals surface area contributed by atoms with Crippen molar-refractivity contribution in [1.29, 1.82) is 0 Å². The van der Waals surface area contributed by atoms with E-state index in [1.54, 1.807) is 13.1 Å². The van der Waals surface area contributed by atoms with Gasteiger partial charge < -0.3 is 10.1 Å². The van der Waals surface area contributed by atoms with E-state index in [9.17, 15) is 14.4 Å². The summed E-state index contributed by atoms with van der Waals surface area (Å²) in [5.74, 6) is -0.0467. The molecule has 0 atom stereocenters. The molecule has 2 heterocycles. The van der Waals surface area contributed by atoms with Crippen molar-refractivity contribution in [2.75, 3.05) is 6.61 Å². The molecule has 0 fully saturated rings. The van der Waals surface area contributed by atoms with Gasteiger partial charge >= 0.3 is 5.69 Å². The summed E-state index contributed by atoms with van der Waals surface area (Å²) in [6, 6.07) is 7.74. The summed E-state index contributed by atoms with van der Waals surface area (Å²) >= 11 is 0. The first-order chi connectivity index (χ1) is 13.8. The van der Waals surface area contributed by atoms with Crippen LogP contribution >= 0.6 is 0 Å². The highest BCUT2D eigenvalue weighted by molar-refractivity contribution is 5.83. The SMILES string of the molecule is CCOc1c(C)cnc2c1c(=O)n(CC(=O)NCc1ccc(C)cc1)c(=O)n2C. The third-order valence-electron chi connectivity index (χ3n) is 4.68. The Hall–Kier alpha value is -3.42. The van der Waals surface area contributed by atoms with E-state index in [0.29, 0.717) is 24.5 Å². The molecule has 8 nitrogen and oxygen atoms in total. The predicted molar refractivity (Wildman–Crippen MR) is 110 cm³/mol. The topological polar surface area (TPSA) is 95.2 Å². The van der Waals surface area contributed by atoms with E-state index in [-0.39, 0.29) is 17.6 Å². The van der Waals surface area contributed by atoms with Crippen molar-refractivity contribution in [3.05, 3.63) is 68.0 Å². The van der Waals surface area contributed by atoms with Gasteiger partial charge in [-0.25, -0.2) is 14.3 Å². The van der Waals surface area contributed by atoms with Gasteiger partial charge in [0.25, 0.3) is 5.56 Å². The minimum atomic E-state index is -0.605. The van der Waals surface area contributed by atoms with Crippen molar-refractivity contribution < 1.29 is 9.53 Å². The average molecular weight is 396 g/mol. The van der Waals surface area contributed by atoms with Crippen LogP contribution in [0.2, 0.25) is 0 Å². The van der Waals surface area contributed by atoms with Crippen molar-refractivity contribution in [1.82, 2.24) is 19.4 Å². The molecule has 1 amide bonds. The van der Waals surface area contributed by atoms with Crippen molar-refractivity contribution in [3.63, 3.8) is 0 Å². The lowest BCUT2D eigenvalue weighted by Gasteiger charge is -2.14. The number of ether oxygens (including phenoxy) is 1. The van der Waals surface area contributed by atoms with Gasteiger partial charge in [0, 0.05) is 25.4 Å². The van der Waals surface area contributed by atoms with Crippen LogP contribution < -0.4 is 21.3 Å². The highest BCUT2D eigenvalue weighted by Crippen LogP contribution is 2.24. The summed E-state index contributed by atoms with van der Waals surface area (Å²) in [4.78, 5) is 42.3. The number of pyridine rings is 1. The molecule has 0 unspecified atom stereocenters. The molecule has 8 heteroatoms. The van der Waals surface area contributed by atoms with Crippen LogP contribution in [0.25, 0.3) is 11.0 Å². The van der Waals surface area contributed by atoms with Gasteiger partial charge in [0.05, 0.1) is 6.61 Å². The molecule has 0 bridgehead atoms. The molecular formula is C21H24N4O4.